The minimum atomic E-state index is -0.120. The average molecular weight is 234 g/mol. The Morgan fingerprint density at radius 1 is 0.667 bits per heavy atom. The number of carbonyl (C=O) groups excluding carboxylic acids is 2. The molecule has 0 atom stereocenters. The molecule has 2 nitrogen and oxygen atoms in total. The Hall–Kier alpha value is -2.48. The lowest BCUT2D eigenvalue weighted by Gasteiger charge is -2.17. The predicted molar refractivity (Wildman–Crippen MR) is 70.0 cm³/mol. The van der Waals surface area contributed by atoms with Crippen LogP contribution in [0.5, 0.6) is 0 Å². The molecule has 0 saturated carbocycles. The van der Waals surface area contributed by atoms with Crippen LogP contribution in [-0.2, 0) is 0 Å². The van der Waals surface area contributed by atoms with Crippen LogP contribution in [-0.4, -0.2) is 11.6 Å². The average Bonchev–Trinajstić information content (AvgIpc) is 2.38. The molecule has 86 valence electrons. The third-order valence-corrected chi connectivity index (χ3v) is 3.25. The first-order valence-corrected chi connectivity index (χ1v) is 5.60. The number of hydrogen-bond donors (Lipinski definition) is 0. The summed E-state index contributed by atoms with van der Waals surface area (Å²) in [7, 11) is 0. The van der Waals surface area contributed by atoms with E-state index in [-0.39, 0.29) is 11.6 Å². The van der Waals surface area contributed by atoms with E-state index in [1.54, 1.807) is 36.4 Å². The van der Waals surface area contributed by atoms with E-state index in [4.69, 9.17) is 0 Å². The number of ketones is 2. The fraction of sp³-hybridized carbons (Fsp3) is 0. The summed E-state index contributed by atoms with van der Waals surface area (Å²) < 4.78 is 0. The van der Waals surface area contributed by atoms with Crippen LogP contribution in [0.1, 0.15) is 31.8 Å². The topological polar surface area (TPSA) is 34.1 Å². The number of hydrogen-bond acceptors (Lipinski definition) is 2. The second-order valence-corrected chi connectivity index (χ2v) is 4.37. The third-order valence-electron chi connectivity index (χ3n) is 3.25. The molecule has 0 bridgehead atoms. The molecule has 3 rings (SSSR count). The van der Waals surface area contributed by atoms with Gasteiger partial charge in [-0.15, -0.1) is 0 Å². The van der Waals surface area contributed by atoms with E-state index in [1.807, 2.05) is 0 Å². The van der Waals surface area contributed by atoms with Crippen LogP contribution in [0, 0.1) is 0 Å². The van der Waals surface area contributed by atoms with Crippen molar-refractivity contribution in [2.24, 2.45) is 0 Å². The van der Waals surface area contributed by atoms with Crippen LogP contribution in [0.2, 0.25) is 0 Å². The summed E-state index contributed by atoms with van der Waals surface area (Å²) in [6.45, 7) is 7.64. The van der Waals surface area contributed by atoms with E-state index in [0.717, 1.165) is 0 Å². The van der Waals surface area contributed by atoms with Gasteiger partial charge in [-0.05, 0) is 22.6 Å². The highest BCUT2D eigenvalue weighted by Gasteiger charge is 2.28. The van der Waals surface area contributed by atoms with Crippen LogP contribution in [0.15, 0.2) is 36.4 Å². The number of benzene rings is 2. The normalized spacial score (nSPS) is 13.1. The van der Waals surface area contributed by atoms with Gasteiger partial charge in [0, 0.05) is 22.3 Å². The molecule has 0 aromatic heterocycles. The van der Waals surface area contributed by atoms with Crippen molar-refractivity contribution in [3.63, 3.8) is 0 Å². The van der Waals surface area contributed by atoms with Crippen molar-refractivity contribution in [1.82, 2.24) is 0 Å². The first-order valence-electron chi connectivity index (χ1n) is 5.60. The van der Waals surface area contributed by atoms with Gasteiger partial charge in [0.2, 0.25) is 0 Å². The largest absolute Gasteiger partial charge is 0.289 e. The Labute approximate surface area is 104 Å². The van der Waals surface area contributed by atoms with Crippen LogP contribution in [0.4, 0.5) is 0 Å². The molecule has 0 unspecified atom stereocenters. The molecule has 0 radical (unpaired) electrons. The molecule has 0 heterocycles. The summed E-state index contributed by atoms with van der Waals surface area (Å²) in [5.74, 6) is -0.241. The van der Waals surface area contributed by atoms with Gasteiger partial charge in [0.25, 0.3) is 0 Å². The highest BCUT2D eigenvalue weighted by molar-refractivity contribution is 6.28. The zero-order valence-electron chi connectivity index (χ0n) is 9.69. The van der Waals surface area contributed by atoms with Crippen molar-refractivity contribution >= 4 is 24.7 Å². The third kappa shape index (κ3) is 1.29. The van der Waals surface area contributed by atoms with Gasteiger partial charge in [-0.1, -0.05) is 37.4 Å². The summed E-state index contributed by atoms with van der Waals surface area (Å²) in [6, 6.07) is 10.2. The fourth-order valence-corrected chi connectivity index (χ4v) is 2.23. The maximum Gasteiger partial charge on any atom is 0.194 e. The number of fused-ring (bicyclic) bond motifs is 2. The summed E-state index contributed by atoms with van der Waals surface area (Å²) in [5.41, 5.74) is 1.78. The summed E-state index contributed by atoms with van der Waals surface area (Å²) >= 11 is 0. The zero-order valence-corrected chi connectivity index (χ0v) is 9.69. The Morgan fingerprint density at radius 3 is 1.44 bits per heavy atom. The minimum Gasteiger partial charge on any atom is -0.289 e. The summed E-state index contributed by atoms with van der Waals surface area (Å²) in [4.78, 5) is 24.6. The standard InChI is InChI=1S/C16H10O2/c1-9-7-13-14(8-10(9)2)16(18)12-6-4-3-5-11(12)15(13)17/h3-8H,1-2H2. The van der Waals surface area contributed by atoms with Gasteiger partial charge >= 0.3 is 0 Å². The molecule has 0 amide bonds. The van der Waals surface area contributed by atoms with E-state index >= 15 is 0 Å². The second kappa shape index (κ2) is 3.50. The molecule has 2 aromatic rings. The second-order valence-electron chi connectivity index (χ2n) is 4.37. The van der Waals surface area contributed by atoms with Crippen molar-refractivity contribution < 1.29 is 9.59 Å². The lowest BCUT2D eigenvalue weighted by Crippen LogP contribution is -2.30. The van der Waals surface area contributed by atoms with Crippen LogP contribution in [0.25, 0.3) is 13.2 Å². The Morgan fingerprint density at radius 2 is 1.06 bits per heavy atom. The minimum absolute atomic E-state index is 0.120. The first kappa shape index (κ1) is 10.7. The van der Waals surface area contributed by atoms with Gasteiger partial charge in [-0.25, -0.2) is 0 Å². The van der Waals surface area contributed by atoms with Crippen LogP contribution < -0.4 is 10.4 Å². The SMILES string of the molecule is C=c1cc2c(cc1=C)C(=O)c1ccccc1C2=O. The monoisotopic (exact) mass is 234 g/mol. The maximum atomic E-state index is 12.3. The molecular formula is C16H10O2. The highest BCUT2D eigenvalue weighted by Crippen LogP contribution is 2.25. The van der Waals surface area contributed by atoms with E-state index in [9.17, 15) is 9.59 Å². The number of carbonyl (C=O) groups is 2. The van der Waals surface area contributed by atoms with Crippen molar-refractivity contribution in [2.45, 2.75) is 0 Å². The van der Waals surface area contributed by atoms with Gasteiger partial charge in [-0.2, -0.15) is 0 Å². The van der Waals surface area contributed by atoms with Gasteiger partial charge in [-0.3, -0.25) is 9.59 Å². The van der Waals surface area contributed by atoms with Crippen molar-refractivity contribution in [1.29, 1.82) is 0 Å². The molecule has 1 aliphatic rings. The lowest BCUT2D eigenvalue weighted by molar-refractivity contribution is 0.0979. The van der Waals surface area contributed by atoms with E-state index < -0.39 is 0 Å². The van der Waals surface area contributed by atoms with Crippen molar-refractivity contribution in [2.75, 3.05) is 0 Å². The van der Waals surface area contributed by atoms with Crippen molar-refractivity contribution in [3.05, 3.63) is 69.1 Å². The maximum absolute atomic E-state index is 12.3. The van der Waals surface area contributed by atoms with Crippen LogP contribution in [0.3, 0.4) is 0 Å². The predicted octanol–water partition coefficient (Wildman–Crippen LogP) is 1.28. The van der Waals surface area contributed by atoms with Gasteiger partial charge < -0.3 is 0 Å². The highest BCUT2D eigenvalue weighted by atomic mass is 16.1. The van der Waals surface area contributed by atoms with Gasteiger partial charge in [0.1, 0.15) is 0 Å². The Balaban J connectivity index is 2.41. The smallest absolute Gasteiger partial charge is 0.194 e. The molecule has 0 fully saturated rings. The quantitative estimate of drug-likeness (QED) is 0.587. The molecular weight excluding hydrogens is 224 g/mol. The van der Waals surface area contributed by atoms with Gasteiger partial charge in [0.15, 0.2) is 11.6 Å². The Kier molecular flexibility index (Phi) is 2.08. The van der Waals surface area contributed by atoms with E-state index in [2.05, 4.69) is 13.2 Å². The lowest BCUT2D eigenvalue weighted by atomic mass is 9.83. The molecule has 2 heteroatoms. The summed E-state index contributed by atoms with van der Waals surface area (Å²) in [6.07, 6.45) is 0. The van der Waals surface area contributed by atoms with E-state index in [0.29, 0.717) is 32.7 Å². The van der Waals surface area contributed by atoms with Gasteiger partial charge in [0.05, 0.1) is 0 Å². The van der Waals surface area contributed by atoms with Crippen molar-refractivity contribution in [3.8, 4) is 0 Å². The number of rotatable bonds is 0. The Bertz CT molecular complexity index is 732. The molecule has 1 aliphatic carbocycles. The zero-order chi connectivity index (χ0) is 12.9. The molecule has 18 heavy (non-hydrogen) atoms. The summed E-state index contributed by atoms with van der Waals surface area (Å²) in [5, 5.41) is 1.35. The molecule has 0 N–H and O–H groups in total. The van der Waals surface area contributed by atoms with E-state index in [1.165, 1.54) is 0 Å². The fourth-order valence-electron chi connectivity index (χ4n) is 2.23. The molecule has 0 aliphatic heterocycles. The molecule has 0 saturated heterocycles. The van der Waals surface area contributed by atoms with Crippen LogP contribution >= 0.6 is 0 Å². The molecule has 2 aromatic carbocycles. The first-order chi connectivity index (χ1) is 8.59. The molecule has 0 spiro atoms.